The van der Waals surface area contributed by atoms with Crippen LogP contribution in [0.3, 0.4) is 0 Å². The molecule has 4 aliphatic rings. The Balaban J connectivity index is 1.72. The van der Waals surface area contributed by atoms with Gasteiger partial charge in [0.2, 0.25) is 0 Å². The SMILES string of the molecule is C#CC1=CCC2C3C(O)C(O)C4CC(N)CCC4(C)C3CCC12C. The number of rotatable bonds is 0. The number of hydrogen-bond acceptors (Lipinski definition) is 3. The Morgan fingerprint density at radius 1 is 1.12 bits per heavy atom. The summed E-state index contributed by atoms with van der Waals surface area (Å²) in [5.41, 5.74) is 7.41. The van der Waals surface area contributed by atoms with Gasteiger partial charge in [-0.25, -0.2) is 0 Å². The van der Waals surface area contributed by atoms with E-state index in [-0.39, 0.29) is 28.7 Å². The number of allylic oxidation sites excluding steroid dienone is 2. The van der Waals surface area contributed by atoms with Crippen LogP contribution in [-0.2, 0) is 0 Å². The average molecular weight is 329 g/mol. The van der Waals surface area contributed by atoms with Crippen molar-refractivity contribution in [3.05, 3.63) is 11.6 Å². The van der Waals surface area contributed by atoms with Crippen LogP contribution >= 0.6 is 0 Å². The normalized spacial score (nSPS) is 56.5. The quantitative estimate of drug-likeness (QED) is 0.598. The minimum absolute atomic E-state index is 0.00484. The molecule has 4 N–H and O–H groups in total. The number of nitrogens with two attached hydrogens (primary N) is 1. The topological polar surface area (TPSA) is 66.5 Å². The van der Waals surface area contributed by atoms with Gasteiger partial charge in [-0.3, -0.25) is 0 Å². The average Bonchev–Trinajstić information content (AvgIpc) is 2.90. The zero-order chi connectivity index (χ0) is 17.3. The second-order valence-corrected chi connectivity index (χ2v) is 9.37. The van der Waals surface area contributed by atoms with Gasteiger partial charge in [0.1, 0.15) is 0 Å². The summed E-state index contributed by atoms with van der Waals surface area (Å²) in [4.78, 5) is 0. The molecule has 3 nitrogen and oxygen atoms in total. The van der Waals surface area contributed by atoms with Crippen LogP contribution in [0.15, 0.2) is 11.6 Å². The fourth-order valence-corrected chi connectivity index (χ4v) is 7.09. The van der Waals surface area contributed by atoms with E-state index in [9.17, 15) is 10.2 Å². The van der Waals surface area contributed by atoms with Crippen molar-refractivity contribution in [2.75, 3.05) is 0 Å². The molecule has 4 aliphatic carbocycles. The standard InChI is InChI=1S/C21H31NO2/c1-4-12-5-6-14-17-15(8-10-20(12,14)2)21(3)9-7-13(22)11-16(21)18(23)19(17)24/h1,5,13-19,23-24H,6-11,22H2,2-3H3. The second kappa shape index (κ2) is 5.34. The van der Waals surface area contributed by atoms with Gasteiger partial charge in [-0.2, -0.15) is 0 Å². The fraction of sp³-hybridized carbons (Fsp3) is 0.810. The van der Waals surface area contributed by atoms with Crippen molar-refractivity contribution in [2.45, 2.75) is 70.6 Å². The molecule has 3 fully saturated rings. The lowest BCUT2D eigenvalue weighted by Crippen LogP contribution is -2.64. The Morgan fingerprint density at radius 3 is 2.58 bits per heavy atom. The summed E-state index contributed by atoms with van der Waals surface area (Å²) in [5.74, 6) is 4.01. The van der Waals surface area contributed by atoms with Crippen LogP contribution in [0, 0.1) is 46.8 Å². The summed E-state index contributed by atoms with van der Waals surface area (Å²) in [5, 5.41) is 22.0. The molecule has 24 heavy (non-hydrogen) atoms. The van der Waals surface area contributed by atoms with Gasteiger partial charge < -0.3 is 15.9 Å². The highest BCUT2D eigenvalue weighted by Crippen LogP contribution is 2.66. The zero-order valence-electron chi connectivity index (χ0n) is 14.9. The molecule has 0 heterocycles. The first kappa shape index (κ1) is 16.6. The molecule has 0 saturated heterocycles. The van der Waals surface area contributed by atoms with Gasteiger partial charge in [-0.15, -0.1) is 6.42 Å². The zero-order valence-corrected chi connectivity index (χ0v) is 14.9. The van der Waals surface area contributed by atoms with Gasteiger partial charge in [0.25, 0.3) is 0 Å². The molecule has 0 bridgehead atoms. The van der Waals surface area contributed by atoms with Gasteiger partial charge in [-0.1, -0.05) is 25.8 Å². The third-order valence-corrected chi connectivity index (χ3v) is 8.53. The van der Waals surface area contributed by atoms with E-state index in [0.717, 1.165) is 44.1 Å². The minimum Gasteiger partial charge on any atom is -0.390 e. The van der Waals surface area contributed by atoms with Crippen molar-refractivity contribution in [2.24, 2.45) is 40.2 Å². The Hall–Kier alpha value is -0.820. The van der Waals surface area contributed by atoms with Crippen molar-refractivity contribution in [3.8, 4) is 12.3 Å². The maximum atomic E-state index is 11.1. The summed E-state index contributed by atoms with van der Waals surface area (Å²) in [6.45, 7) is 4.63. The third-order valence-electron chi connectivity index (χ3n) is 8.53. The van der Waals surface area contributed by atoms with E-state index in [4.69, 9.17) is 12.2 Å². The number of hydrogen-bond donors (Lipinski definition) is 3. The molecule has 3 saturated carbocycles. The molecule has 0 amide bonds. The fourth-order valence-electron chi connectivity index (χ4n) is 7.09. The second-order valence-electron chi connectivity index (χ2n) is 9.37. The van der Waals surface area contributed by atoms with Crippen molar-refractivity contribution in [3.63, 3.8) is 0 Å². The van der Waals surface area contributed by atoms with Gasteiger partial charge in [0, 0.05) is 17.0 Å². The predicted molar refractivity (Wildman–Crippen MR) is 94.8 cm³/mol. The first-order valence-electron chi connectivity index (χ1n) is 9.62. The molecule has 0 radical (unpaired) electrons. The van der Waals surface area contributed by atoms with Crippen LogP contribution in [0.4, 0.5) is 0 Å². The van der Waals surface area contributed by atoms with E-state index in [1.165, 1.54) is 0 Å². The van der Waals surface area contributed by atoms with Crippen molar-refractivity contribution >= 4 is 0 Å². The lowest BCUT2D eigenvalue weighted by molar-refractivity contribution is -0.210. The third kappa shape index (κ3) is 1.97. The Kier molecular flexibility index (Phi) is 3.70. The predicted octanol–water partition coefficient (Wildman–Crippen LogP) is 2.47. The Bertz CT molecular complexity index is 607. The summed E-state index contributed by atoms with van der Waals surface area (Å²) in [6, 6.07) is 0.163. The van der Waals surface area contributed by atoms with Crippen LogP contribution in [0.5, 0.6) is 0 Å². The summed E-state index contributed by atoms with van der Waals surface area (Å²) < 4.78 is 0. The molecule has 0 aromatic heterocycles. The van der Waals surface area contributed by atoms with Crippen LogP contribution in [-0.4, -0.2) is 28.5 Å². The van der Waals surface area contributed by atoms with Crippen LogP contribution in [0.25, 0.3) is 0 Å². The monoisotopic (exact) mass is 329 g/mol. The molecule has 3 heteroatoms. The maximum Gasteiger partial charge on any atom is 0.0836 e. The summed E-state index contributed by atoms with van der Waals surface area (Å²) in [6.07, 6.45) is 12.8. The minimum atomic E-state index is -0.653. The highest BCUT2D eigenvalue weighted by molar-refractivity contribution is 5.38. The Morgan fingerprint density at radius 2 is 1.88 bits per heavy atom. The van der Waals surface area contributed by atoms with Crippen LogP contribution < -0.4 is 5.73 Å². The number of aliphatic hydroxyl groups is 2. The molecular weight excluding hydrogens is 298 g/mol. The smallest absolute Gasteiger partial charge is 0.0836 e. The first-order chi connectivity index (χ1) is 11.3. The highest BCUT2D eigenvalue weighted by atomic mass is 16.3. The van der Waals surface area contributed by atoms with Crippen LogP contribution in [0.1, 0.15) is 52.4 Å². The molecule has 4 rings (SSSR count). The van der Waals surface area contributed by atoms with E-state index in [1.807, 2.05) is 0 Å². The molecule has 0 aliphatic heterocycles. The lowest BCUT2D eigenvalue weighted by atomic mass is 9.43. The van der Waals surface area contributed by atoms with Gasteiger partial charge in [-0.05, 0) is 67.6 Å². The van der Waals surface area contributed by atoms with Crippen molar-refractivity contribution < 1.29 is 10.2 Å². The number of aliphatic hydroxyl groups excluding tert-OH is 2. The maximum absolute atomic E-state index is 11.1. The van der Waals surface area contributed by atoms with E-state index in [0.29, 0.717) is 11.8 Å². The van der Waals surface area contributed by atoms with E-state index >= 15 is 0 Å². The van der Waals surface area contributed by atoms with E-state index in [2.05, 4.69) is 25.8 Å². The Labute approximate surface area is 145 Å². The van der Waals surface area contributed by atoms with E-state index < -0.39 is 12.2 Å². The largest absolute Gasteiger partial charge is 0.390 e. The molecule has 9 atom stereocenters. The summed E-state index contributed by atoms with van der Waals surface area (Å²) >= 11 is 0. The molecule has 0 aromatic rings. The molecular formula is C21H31NO2. The summed E-state index contributed by atoms with van der Waals surface area (Å²) in [7, 11) is 0. The number of fused-ring (bicyclic) bond motifs is 5. The lowest BCUT2D eigenvalue weighted by Gasteiger charge is -2.63. The first-order valence-corrected chi connectivity index (χ1v) is 9.62. The van der Waals surface area contributed by atoms with Gasteiger partial charge >= 0.3 is 0 Å². The number of terminal acetylenes is 1. The highest BCUT2D eigenvalue weighted by Gasteiger charge is 2.63. The van der Waals surface area contributed by atoms with E-state index in [1.54, 1.807) is 0 Å². The van der Waals surface area contributed by atoms with Crippen molar-refractivity contribution in [1.29, 1.82) is 0 Å². The molecule has 9 unspecified atom stereocenters. The van der Waals surface area contributed by atoms with Crippen molar-refractivity contribution in [1.82, 2.24) is 0 Å². The van der Waals surface area contributed by atoms with Gasteiger partial charge in [0.15, 0.2) is 0 Å². The van der Waals surface area contributed by atoms with Crippen LogP contribution in [0.2, 0.25) is 0 Å². The molecule has 0 aromatic carbocycles. The van der Waals surface area contributed by atoms with Gasteiger partial charge in [0.05, 0.1) is 12.2 Å². The molecule has 0 spiro atoms. The molecule has 132 valence electrons.